The van der Waals surface area contributed by atoms with Crippen LogP contribution in [0.2, 0.25) is 0 Å². The first kappa shape index (κ1) is 5.83. The van der Waals surface area contributed by atoms with Gasteiger partial charge in [0.05, 0.1) is 6.10 Å². The average molecular weight is 112 g/mol. The van der Waals surface area contributed by atoms with Crippen molar-refractivity contribution < 1.29 is 4.74 Å². The van der Waals surface area contributed by atoms with Gasteiger partial charge in [0, 0.05) is 6.61 Å². The second kappa shape index (κ2) is 2.31. The summed E-state index contributed by atoms with van der Waals surface area (Å²) in [5, 5.41) is 0. The molecule has 0 N–H and O–H groups in total. The normalized spacial score (nSPS) is 26.9. The molecular formula is C7H12O. The molecule has 8 heavy (non-hydrogen) atoms. The Morgan fingerprint density at radius 2 is 2.50 bits per heavy atom. The fourth-order valence-corrected chi connectivity index (χ4v) is 0.834. The van der Waals surface area contributed by atoms with Crippen LogP contribution in [0.25, 0.3) is 0 Å². The predicted molar refractivity (Wildman–Crippen MR) is 33.8 cm³/mol. The van der Waals surface area contributed by atoms with E-state index in [4.69, 9.17) is 4.74 Å². The lowest BCUT2D eigenvalue weighted by Crippen LogP contribution is -2.26. The molecule has 0 amide bonds. The summed E-state index contributed by atoms with van der Waals surface area (Å²) < 4.78 is 5.18. The molecule has 0 saturated carbocycles. The Balaban J connectivity index is 2.09. The molecule has 1 nitrogen and oxygen atoms in total. The van der Waals surface area contributed by atoms with Gasteiger partial charge in [0.1, 0.15) is 0 Å². The second-order valence-electron chi connectivity index (χ2n) is 2.44. The van der Waals surface area contributed by atoms with Crippen molar-refractivity contribution in [2.45, 2.75) is 25.9 Å². The molecule has 1 saturated heterocycles. The van der Waals surface area contributed by atoms with Crippen LogP contribution in [0.1, 0.15) is 19.8 Å². The van der Waals surface area contributed by atoms with Gasteiger partial charge in [-0.15, -0.1) is 6.58 Å². The van der Waals surface area contributed by atoms with Gasteiger partial charge in [-0.1, -0.05) is 5.57 Å². The van der Waals surface area contributed by atoms with Crippen molar-refractivity contribution in [3.63, 3.8) is 0 Å². The molecule has 0 aliphatic carbocycles. The van der Waals surface area contributed by atoms with E-state index in [0.29, 0.717) is 6.10 Å². The molecule has 0 spiro atoms. The van der Waals surface area contributed by atoms with Crippen molar-refractivity contribution in [2.24, 2.45) is 0 Å². The summed E-state index contributed by atoms with van der Waals surface area (Å²) in [4.78, 5) is 0. The monoisotopic (exact) mass is 112 g/mol. The van der Waals surface area contributed by atoms with Crippen LogP contribution in [-0.4, -0.2) is 12.7 Å². The van der Waals surface area contributed by atoms with E-state index >= 15 is 0 Å². The van der Waals surface area contributed by atoms with Crippen LogP contribution in [0.3, 0.4) is 0 Å². The maximum Gasteiger partial charge on any atom is 0.0633 e. The van der Waals surface area contributed by atoms with Crippen LogP contribution in [0.4, 0.5) is 0 Å². The van der Waals surface area contributed by atoms with Crippen LogP contribution < -0.4 is 0 Å². The van der Waals surface area contributed by atoms with Crippen molar-refractivity contribution >= 4 is 0 Å². The Morgan fingerprint density at radius 1 is 1.88 bits per heavy atom. The molecule has 1 heterocycles. The maximum absolute atomic E-state index is 5.18. The zero-order valence-electron chi connectivity index (χ0n) is 5.31. The Labute approximate surface area is 50.3 Å². The van der Waals surface area contributed by atoms with E-state index in [0.717, 1.165) is 13.0 Å². The van der Waals surface area contributed by atoms with Crippen LogP contribution in [0.15, 0.2) is 12.2 Å². The summed E-state index contributed by atoms with van der Waals surface area (Å²) in [6.45, 7) is 6.80. The van der Waals surface area contributed by atoms with Gasteiger partial charge in [-0.05, 0) is 19.8 Å². The minimum Gasteiger partial charge on any atom is -0.378 e. The molecule has 0 bridgehead atoms. The van der Waals surface area contributed by atoms with Gasteiger partial charge < -0.3 is 4.74 Å². The standard InChI is InChI=1S/C7H12O/c1-6(2)5-7-3-4-8-7/h7H,1,3-5H2,2H3. The first-order valence-electron chi connectivity index (χ1n) is 3.05. The van der Waals surface area contributed by atoms with E-state index in [2.05, 4.69) is 6.58 Å². The van der Waals surface area contributed by atoms with E-state index < -0.39 is 0 Å². The lowest BCUT2D eigenvalue weighted by molar-refractivity contribution is -0.0490. The van der Waals surface area contributed by atoms with Crippen molar-refractivity contribution in [1.82, 2.24) is 0 Å². The van der Waals surface area contributed by atoms with Crippen LogP contribution >= 0.6 is 0 Å². The maximum atomic E-state index is 5.18. The number of hydrogen-bond acceptors (Lipinski definition) is 1. The molecule has 1 rings (SSSR count). The molecule has 1 fully saturated rings. The molecular weight excluding hydrogens is 100 g/mol. The molecule has 0 aromatic heterocycles. The summed E-state index contributed by atoms with van der Waals surface area (Å²) >= 11 is 0. The SMILES string of the molecule is C=C(C)CC1CCO1. The zero-order chi connectivity index (χ0) is 5.98. The Bertz CT molecular complexity index is 92.6. The van der Waals surface area contributed by atoms with Gasteiger partial charge in [0.25, 0.3) is 0 Å². The van der Waals surface area contributed by atoms with Crippen molar-refractivity contribution in [3.05, 3.63) is 12.2 Å². The van der Waals surface area contributed by atoms with Crippen LogP contribution in [0, 0.1) is 0 Å². The molecule has 1 aliphatic rings. The largest absolute Gasteiger partial charge is 0.378 e. The predicted octanol–water partition coefficient (Wildman–Crippen LogP) is 1.74. The molecule has 46 valence electrons. The summed E-state index contributed by atoms with van der Waals surface area (Å²) in [7, 11) is 0. The van der Waals surface area contributed by atoms with Crippen molar-refractivity contribution in [3.8, 4) is 0 Å². The quantitative estimate of drug-likeness (QED) is 0.494. The second-order valence-corrected chi connectivity index (χ2v) is 2.44. The summed E-state index contributed by atoms with van der Waals surface area (Å²) in [6.07, 6.45) is 2.79. The number of hydrogen-bond donors (Lipinski definition) is 0. The third-order valence-electron chi connectivity index (χ3n) is 1.37. The van der Waals surface area contributed by atoms with E-state index in [1.165, 1.54) is 12.0 Å². The Kier molecular flexibility index (Phi) is 1.69. The minimum absolute atomic E-state index is 0.507. The highest BCUT2D eigenvalue weighted by molar-refractivity contribution is 4.92. The van der Waals surface area contributed by atoms with Crippen LogP contribution in [0.5, 0.6) is 0 Å². The number of ether oxygens (including phenoxy) is 1. The minimum atomic E-state index is 0.507. The number of rotatable bonds is 2. The van der Waals surface area contributed by atoms with E-state index in [9.17, 15) is 0 Å². The Morgan fingerprint density at radius 3 is 2.62 bits per heavy atom. The summed E-state index contributed by atoms with van der Waals surface area (Å²) in [5.41, 5.74) is 1.23. The van der Waals surface area contributed by atoms with Crippen LogP contribution in [-0.2, 0) is 4.74 Å². The molecule has 1 aliphatic heterocycles. The highest BCUT2D eigenvalue weighted by Gasteiger charge is 2.16. The lowest BCUT2D eigenvalue weighted by Gasteiger charge is -2.26. The first-order chi connectivity index (χ1) is 3.79. The fourth-order valence-electron chi connectivity index (χ4n) is 0.834. The average Bonchev–Trinajstić information content (AvgIpc) is 1.55. The molecule has 1 atom stereocenters. The molecule has 0 aromatic carbocycles. The van der Waals surface area contributed by atoms with Crippen molar-refractivity contribution in [1.29, 1.82) is 0 Å². The lowest BCUT2D eigenvalue weighted by atomic mass is 10.1. The van der Waals surface area contributed by atoms with Gasteiger partial charge in [0.2, 0.25) is 0 Å². The van der Waals surface area contributed by atoms with E-state index in [1.54, 1.807) is 0 Å². The van der Waals surface area contributed by atoms with E-state index in [1.807, 2.05) is 6.92 Å². The van der Waals surface area contributed by atoms with E-state index in [-0.39, 0.29) is 0 Å². The summed E-state index contributed by atoms with van der Waals surface area (Å²) in [5.74, 6) is 0. The molecule has 1 heteroatoms. The molecule has 0 radical (unpaired) electrons. The van der Waals surface area contributed by atoms with Gasteiger partial charge in [-0.25, -0.2) is 0 Å². The smallest absolute Gasteiger partial charge is 0.0633 e. The van der Waals surface area contributed by atoms with Gasteiger partial charge in [-0.2, -0.15) is 0 Å². The van der Waals surface area contributed by atoms with Gasteiger partial charge in [-0.3, -0.25) is 0 Å². The fraction of sp³-hybridized carbons (Fsp3) is 0.714. The van der Waals surface area contributed by atoms with Crippen molar-refractivity contribution in [2.75, 3.05) is 6.61 Å². The Hall–Kier alpha value is -0.300. The topological polar surface area (TPSA) is 9.23 Å². The molecule has 1 unspecified atom stereocenters. The van der Waals surface area contributed by atoms with Gasteiger partial charge in [0.15, 0.2) is 0 Å². The third kappa shape index (κ3) is 1.34. The third-order valence-corrected chi connectivity index (χ3v) is 1.37. The molecule has 0 aromatic rings. The summed E-state index contributed by atoms with van der Waals surface area (Å²) in [6, 6.07) is 0. The highest BCUT2D eigenvalue weighted by Crippen LogP contribution is 2.17. The first-order valence-corrected chi connectivity index (χ1v) is 3.05. The highest BCUT2D eigenvalue weighted by atomic mass is 16.5. The zero-order valence-corrected chi connectivity index (χ0v) is 5.31. The van der Waals surface area contributed by atoms with Gasteiger partial charge >= 0.3 is 0 Å².